The molecule has 1 aromatic heterocycles. The van der Waals surface area contributed by atoms with Crippen LogP contribution in [0, 0.1) is 11.3 Å². The molecule has 0 spiro atoms. The van der Waals surface area contributed by atoms with Crippen LogP contribution in [0.25, 0.3) is 0 Å². The molecule has 0 unspecified atom stereocenters. The molecule has 3 rings (SSSR count). The molecule has 5 heteroatoms. The van der Waals surface area contributed by atoms with Gasteiger partial charge < -0.3 is 11.1 Å². The second kappa shape index (κ2) is 5.97. The number of thiophene rings is 1. The van der Waals surface area contributed by atoms with E-state index in [1.165, 1.54) is 29.7 Å². The molecular weight excluding hydrogens is 302 g/mol. The Hall–Kier alpha value is -1.70. The van der Waals surface area contributed by atoms with E-state index in [2.05, 4.69) is 11.4 Å². The molecule has 0 amide bonds. The zero-order valence-electron chi connectivity index (χ0n) is 11.5. The first-order valence-electron chi connectivity index (χ1n) is 6.99. The first-order chi connectivity index (χ1) is 10.2. The van der Waals surface area contributed by atoms with Gasteiger partial charge in [-0.15, -0.1) is 11.3 Å². The van der Waals surface area contributed by atoms with E-state index in [9.17, 15) is 0 Å². The molecular formula is C16H16ClN3S. The maximum absolute atomic E-state index is 9.13. The fraction of sp³-hybridized carbons (Fsp3) is 0.312. The Balaban J connectivity index is 1.68. The highest BCUT2D eigenvalue weighted by Crippen LogP contribution is 2.50. The molecule has 3 nitrogen and oxygen atoms in total. The topological polar surface area (TPSA) is 61.8 Å². The minimum atomic E-state index is 0.543. The summed E-state index contributed by atoms with van der Waals surface area (Å²) in [4.78, 5) is 0.630. The molecule has 2 aromatic rings. The van der Waals surface area contributed by atoms with Gasteiger partial charge in [0.05, 0.1) is 10.7 Å². The van der Waals surface area contributed by atoms with Gasteiger partial charge in [0.2, 0.25) is 0 Å². The van der Waals surface area contributed by atoms with Crippen molar-refractivity contribution in [2.24, 2.45) is 0 Å². The van der Waals surface area contributed by atoms with Crippen LogP contribution < -0.4 is 11.1 Å². The summed E-state index contributed by atoms with van der Waals surface area (Å²) < 4.78 is 0. The van der Waals surface area contributed by atoms with Gasteiger partial charge in [0.25, 0.3) is 0 Å². The van der Waals surface area contributed by atoms with E-state index in [0.29, 0.717) is 16.5 Å². The molecule has 0 bridgehead atoms. The first kappa shape index (κ1) is 14.2. The molecule has 1 saturated carbocycles. The molecule has 108 valence electrons. The molecule has 0 saturated heterocycles. The second-order valence-corrected chi connectivity index (χ2v) is 6.73. The Labute approximate surface area is 133 Å². The van der Waals surface area contributed by atoms with Crippen molar-refractivity contribution < 1.29 is 0 Å². The van der Waals surface area contributed by atoms with Crippen LogP contribution in [-0.4, -0.2) is 6.54 Å². The number of hydrogen-bond donors (Lipinski definition) is 2. The van der Waals surface area contributed by atoms with E-state index in [0.717, 1.165) is 28.6 Å². The van der Waals surface area contributed by atoms with Gasteiger partial charge in [-0.2, -0.15) is 5.26 Å². The number of halogens is 1. The van der Waals surface area contributed by atoms with E-state index in [1.807, 2.05) is 24.3 Å². The van der Waals surface area contributed by atoms with Crippen molar-refractivity contribution in [2.75, 3.05) is 17.6 Å². The largest absolute Gasteiger partial charge is 0.397 e. The van der Waals surface area contributed by atoms with Crippen LogP contribution >= 0.6 is 22.9 Å². The number of anilines is 2. The Morgan fingerprint density at radius 1 is 1.33 bits per heavy atom. The standard InChI is InChI=1S/C16H16ClN3S/c17-12-5-1-10(2-6-12)7-8-20-16-14(11-3-4-11)15(19)13(9-18)21-16/h1-2,5-6,11,20H,3-4,7-8,19H2. The zero-order chi connectivity index (χ0) is 14.8. The van der Waals surface area contributed by atoms with Gasteiger partial charge in [0, 0.05) is 17.1 Å². The molecule has 21 heavy (non-hydrogen) atoms. The summed E-state index contributed by atoms with van der Waals surface area (Å²) in [5.74, 6) is 0.543. The maximum Gasteiger partial charge on any atom is 0.130 e. The highest BCUT2D eigenvalue weighted by Gasteiger charge is 2.31. The summed E-state index contributed by atoms with van der Waals surface area (Å²) in [5, 5.41) is 14.4. The van der Waals surface area contributed by atoms with Crippen molar-refractivity contribution in [1.82, 2.24) is 0 Å². The third kappa shape index (κ3) is 3.15. The van der Waals surface area contributed by atoms with Crippen LogP contribution in [0.15, 0.2) is 24.3 Å². The van der Waals surface area contributed by atoms with Gasteiger partial charge in [0.15, 0.2) is 0 Å². The smallest absolute Gasteiger partial charge is 0.130 e. The highest BCUT2D eigenvalue weighted by molar-refractivity contribution is 7.17. The van der Waals surface area contributed by atoms with Crippen LogP contribution in [0.3, 0.4) is 0 Å². The monoisotopic (exact) mass is 317 g/mol. The van der Waals surface area contributed by atoms with Gasteiger partial charge in [0.1, 0.15) is 10.9 Å². The first-order valence-corrected chi connectivity index (χ1v) is 8.19. The van der Waals surface area contributed by atoms with Crippen LogP contribution in [0.5, 0.6) is 0 Å². The maximum atomic E-state index is 9.13. The van der Waals surface area contributed by atoms with Crippen molar-refractivity contribution in [2.45, 2.75) is 25.2 Å². The summed E-state index contributed by atoms with van der Waals surface area (Å²) in [5.41, 5.74) is 9.17. The number of hydrogen-bond acceptors (Lipinski definition) is 4. The third-order valence-electron chi connectivity index (χ3n) is 3.68. The van der Waals surface area contributed by atoms with Gasteiger partial charge in [-0.25, -0.2) is 0 Å². The number of nitrogens with one attached hydrogen (secondary N) is 1. The summed E-state index contributed by atoms with van der Waals surface area (Å²) >= 11 is 7.36. The lowest BCUT2D eigenvalue weighted by Gasteiger charge is -2.07. The Kier molecular flexibility index (Phi) is 4.05. The van der Waals surface area contributed by atoms with Gasteiger partial charge in [-0.05, 0) is 42.9 Å². The Bertz CT molecular complexity index is 681. The lowest BCUT2D eigenvalue weighted by molar-refractivity contribution is 1.02. The minimum Gasteiger partial charge on any atom is -0.397 e. The van der Waals surface area contributed by atoms with E-state index < -0.39 is 0 Å². The molecule has 3 N–H and O–H groups in total. The number of nitrogens with two attached hydrogens (primary N) is 1. The third-order valence-corrected chi connectivity index (χ3v) is 5.02. The van der Waals surface area contributed by atoms with Crippen LogP contribution in [-0.2, 0) is 6.42 Å². The number of rotatable bonds is 5. The lowest BCUT2D eigenvalue weighted by Crippen LogP contribution is -2.05. The van der Waals surface area contributed by atoms with E-state index in [-0.39, 0.29) is 0 Å². The lowest BCUT2D eigenvalue weighted by atomic mass is 10.1. The zero-order valence-corrected chi connectivity index (χ0v) is 13.1. The van der Waals surface area contributed by atoms with Gasteiger partial charge >= 0.3 is 0 Å². The average Bonchev–Trinajstić information content (AvgIpc) is 3.26. The van der Waals surface area contributed by atoms with Crippen molar-refractivity contribution in [3.63, 3.8) is 0 Å². The van der Waals surface area contributed by atoms with Crippen LogP contribution in [0.4, 0.5) is 10.7 Å². The summed E-state index contributed by atoms with van der Waals surface area (Å²) in [7, 11) is 0. The summed E-state index contributed by atoms with van der Waals surface area (Å²) in [6.45, 7) is 0.826. The molecule has 1 aromatic carbocycles. The van der Waals surface area contributed by atoms with Crippen molar-refractivity contribution in [3.05, 3.63) is 45.3 Å². The fourth-order valence-corrected chi connectivity index (χ4v) is 3.58. The quantitative estimate of drug-likeness (QED) is 0.859. The van der Waals surface area contributed by atoms with Gasteiger partial charge in [-0.3, -0.25) is 0 Å². The Morgan fingerprint density at radius 3 is 2.67 bits per heavy atom. The normalized spacial score (nSPS) is 13.9. The van der Waals surface area contributed by atoms with E-state index >= 15 is 0 Å². The fourth-order valence-electron chi connectivity index (χ4n) is 2.42. The summed E-state index contributed by atoms with van der Waals surface area (Å²) in [6, 6.07) is 10.1. The predicted octanol–water partition coefficient (Wildman–Crippen LogP) is 4.39. The van der Waals surface area contributed by atoms with Crippen molar-refractivity contribution in [3.8, 4) is 6.07 Å². The number of nitrogen functional groups attached to an aromatic ring is 1. The average molecular weight is 318 g/mol. The number of nitrogens with zero attached hydrogens (tertiary/aromatic N) is 1. The highest BCUT2D eigenvalue weighted by atomic mass is 35.5. The van der Waals surface area contributed by atoms with Crippen molar-refractivity contribution >= 4 is 33.6 Å². The predicted molar refractivity (Wildman–Crippen MR) is 89.1 cm³/mol. The van der Waals surface area contributed by atoms with E-state index in [1.54, 1.807) is 0 Å². The molecule has 0 radical (unpaired) electrons. The van der Waals surface area contributed by atoms with Gasteiger partial charge in [-0.1, -0.05) is 23.7 Å². The SMILES string of the molecule is N#Cc1sc(NCCc2ccc(Cl)cc2)c(C2CC2)c1N. The number of benzene rings is 1. The minimum absolute atomic E-state index is 0.543. The molecule has 0 aliphatic heterocycles. The number of nitriles is 1. The van der Waals surface area contributed by atoms with Crippen molar-refractivity contribution in [1.29, 1.82) is 5.26 Å². The molecule has 0 atom stereocenters. The Morgan fingerprint density at radius 2 is 2.05 bits per heavy atom. The van der Waals surface area contributed by atoms with E-state index in [4.69, 9.17) is 22.6 Å². The van der Waals surface area contributed by atoms with Crippen LogP contribution in [0.1, 0.15) is 34.8 Å². The summed E-state index contributed by atoms with van der Waals surface area (Å²) in [6.07, 6.45) is 3.27. The second-order valence-electron chi connectivity index (χ2n) is 5.28. The molecule has 1 aliphatic rings. The van der Waals surface area contributed by atoms with Crippen LogP contribution in [0.2, 0.25) is 5.02 Å². The molecule has 1 heterocycles. The molecule has 1 fully saturated rings. The molecule has 1 aliphatic carbocycles.